The molecule has 0 unspecified atom stereocenters. The second kappa shape index (κ2) is 6.98. The van der Waals surface area contributed by atoms with Crippen LogP contribution in [0.25, 0.3) is 0 Å². The summed E-state index contributed by atoms with van der Waals surface area (Å²) < 4.78 is 0. The first-order chi connectivity index (χ1) is 16.6. The number of carbonyl (C=O) groups is 4. The standard InChI is InChI=1S/C28H24N2O4/c31-25-21-17-11-12-18(22(21)26(32)29(25)13-15-7-3-1-4-8-15)20-19(17)23-24(20)28(34)30(27(23)33)14-16-9-5-2-6-10-16/h1-12,17-24H,13-14H2/t17-,18+,19-,20-,21+,22-,23+,24-/m0/s1. The molecule has 0 radical (unpaired) electrons. The van der Waals surface area contributed by atoms with E-state index in [9.17, 15) is 19.2 Å². The second-order valence-electron chi connectivity index (χ2n) is 10.3. The summed E-state index contributed by atoms with van der Waals surface area (Å²) in [5.41, 5.74) is 1.85. The molecule has 4 fully saturated rings. The maximum absolute atomic E-state index is 13.5. The maximum atomic E-state index is 13.5. The Kier molecular flexibility index (Phi) is 4.08. The van der Waals surface area contributed by atoms with Gasteiger partial charge in [0.25, 0.3) is 0 Å². The van der Waals surface area contributed by atoms with Gasteiger partial charge in [-0.1, -0.05) is 72.8 Å². The fourth-order valence-corrected chi connectivity index (χ4v) is 7.57. The zero-order valence-corrected chi connectivity index (χ0v) is 18.5. The third-order valence-electron chi connectivity index (χ3n) is 8.89. The van der Waals surface area contributed by atoms with Crippen LogP contribution in [0.1, 0.15) is 11.1 Å². The lowest BCUT2D eigenvalue weighted by Crippen LogP contribution is -2.63. The summed E-state index contributed by atoms with van der Waals surface area (Å²) in [6, 6.07) is 19.1. The van der Waals surface area contributed by atoms with Gasteiger partial charge in [0, 0.05) is 0 Å². The first-order valence-corrected chi connectivity index (χ1v) is 12.0. The van der Waals surface area contributed by atoms with Gasteiger partial charge in [-0.2, -0.15) is 0 Å². The fraction of sp³-hybridized carbons (Fsp3) is 0.357. The van der Waals surface area contributed by atoms with Gasteiger partial charge in [-0.3, -0.25) is 29.0 Å². The van der Waals surface area contributed by atoms with Crippen molar-refractivity contribution in [1.29, 1.82) is 0 Å². The second-order valence-corrected chi connectivity index (χ2v) is 10.3. The molecule has 6 aliphatic rings. The van der Waals surface area contributed by atoms with Crippen molar-refractivity contribution in [2.75, 3.05) is 0 Å². The highest BCUT2D eigenvalue weighted by molar-refractivity contribution is 6.09. The zero-order chi connectivity index (χ0) is 23.1. The Labute approximate surface area is 197 Å². The van der Waals surface area contributed by atoms with E-state index in [1.165, 1.54) is 9.80 Å². The molecular weight excluding hydrogens is 428 g/mol. The minimum absolute atomic E-state index is 0.0353. The molecule has 34 heavy (non-hydrogen) atoms. The van der Waals surface area contributed by atoms with Crippen molar-refractivity contribution >= 4 is 23.6 Å². The van der Waals surface area contributed by atoms with Crippen LogP contribution < -0.4 is 0 Å². The average molecular weight is 453 g/mol. The molecule has 2 aliphatic heterocycles. The lowest BCUT2D eigenvalue weighted by molar-refractivity contribution is -0.166. The predicted octanol–water partition coefficient (Wildman–Crippen LogP) is 2.65. The Hall–Kier alpha value is -3.54. The predicted molar refractivity (Wildman–Crippen MR) is 121 cm³/mol. The molecule has 2 saturated carbocycles. The molecule has 6 nitrogen and oxygen atoms in total. The lowest BCUT2D eigenvalue weighted by Gasteiger charge is -2.60. The quantitative estimate of drug-likeness (QED) is 0.528. The maximum Gasteiger partial charge on any atom is 0.234 e. The summed E-state index contributed by atoms with van der Waals surface area (Å²) in [6.07, 6.45) is 4.11. The summed E-state index contributed by atoms with van der Waals surface area (Å²) in [4.78, 5) is 56.5. The number of likely N-dealkylation sites (tertiary alicyclic amines) is 2. The van der Waals surface area contributed by atoms with Crippen LogP contribution in [0.15, 0.2) is 72.8 Å². The number of allylic oxidation sites excluding steroid dienone is 2. The van der Waals surface area contributed by atoms with Crippen LogP contribution in [0.4, 0.5) is 0 Å². The summed E-state index contributed by atoms with van der Waals surface area (Å²) in [5, 5.41) is 0. The number of nitrogens with zero attached hydrogens (tertiary/aromatic N) is 2. The van der Waals surface area contributed by atoms with E-state index in [1.54, 1.807) is 0 Å². The van der Waals surface area contributed by atoms with Gasteiger partial charge in [-0.05, 0) is 34.8 Å². The molecule has 2 bridgehead atoms. The summed E-state index contributed by atoms with van der Waals surface area (Å²) in [5.74, 6) is -2.45. The van der Waals surface area contributed by atoms with Crippen molar-refractivity contribution in [3.05, 3.63) is 83.9 Å². The summed E-state index contributed by atoms with van der Waals surface area (Å²) in [7, 11) is 0. The molecular formula is C28H24N2O4. The number of carbonyl (C=O) groups excluding carboxylic acids is 4. The number of amides is 4. The molecule has 0 spiro atoms. The van der Waals surface area contributed by atoms with Crippen molar-refractivity contribution in [3.8, 4) is 0 Å². The highest BCUT2D eigenvalue weighted by atomic mass is 16.2. The number of hydrogen-bond donors (Lipinski definition) is 0. The molecule has 170 valence electrons. The first-order valence-electron chi connectivity index (χ1n) is 12.0. The minimum atomic E-state index is -0.417. The van der Waals surface area contributed by atoms with Crippen LogP contribution in [0.5, 0.6) is 0 Å². The van der Waals surface area contributed by atoms with Gasteiger partial charge >= 0.3 is 0 Å². The van der Waals surface area contributed by atoms with Gasteiger partial charge in [-0.25, -0.2) is 0 Å². The Morgan fingerprint density at radius 3 is 1.24 bits per heavy atom. The van der Waals surface area contributed by atoms with E-state index in [1.807, 2.05) is 60.7 Å². The van der Waals surface area contributed by atoms with E-state index in [4.69, 9.17) is 0 Å². The molecule has 6 heteroatoms. The largest absolute Gasteiger partial charge is 0.278 e. The van der Waals surface area contributed by atoms with E-state index < -0.39 is 11.8 Å². The lowest BCUT2D eigenvalue weighted by atomic mass is 9.40. The number of fused-ring (bicyclic) bond motifs is 1. The molecule has 0 N–H and O–H groups in total. The van der Waals surface area contributed by atoms with Crippen LogP contribution in [-0.2, 0) is 32.3 Å². The van der Waals surface area contributed by atoms with Gasteiger partial charge in [0.1, 0.15) is 0 Å². The zero-order valence-electron chi connectivity index (χ0n) is 18.5. The highest BCUT2D eigenvalue weighted by Gasteiger charge is 2.74. The Balaban J connectivity index is 1.18. The monoisotopic (exact) mass is 452 g/mol. The van der Waals surface area contributed by atoms with Gasteiger partial charge in [0.15, 0.2) is 0 Å². The fourth-order valence-electron chi connectivity index (χ4n) is 7.57. The number of hydrogen-bond acceptors (Lipinski definition) is 4. The number of rotatable bonds is 4. The summed E-state index contributed by atoms with van der Waals surface area (Å²) in [6.45, 7) is 0.555. The van der Waals surface area contributed by atoms with E-state index in [2.05, 4.69) is 12.2 Å². The van der Waals surface area contributed by atoms with E-state index in [0.717, 1.165) is 11.1 Å². The van der Waals surface area contributed by atoms with E-state index >= 15 is 0 Å². The van der Waals surface area contributed by atoms with Crippen molar-refractivity contribution in [3.63, 3.8) is 0 Å². The van der Waals surface area contributed by atoms with Crippen molar-refractivity contribution in [2.24, 2.45) is 47.3 Å². The topological polar surface area (TPSA) is 74.8 Å². The average Bonchev–Trinajstić information content (AvgIpc) is 3.21. The molecule has 2 aromatic carbocycles. The van der Waals surface area contributed by atoms with E-state index in [-0.39, 0.29) is 72.2 Å². The molecule has 8 rings (SSSR count). The Morgan fingerprint density at radius 2 is 0.853 bits per heavy atom. The van der Waals surface area contributed by atoms with Gasteiger partial charge < -0.3 is 0 Å². The minimum Gasteiger partial charge on any atom is -0.278 e. The summed E-state index contributed by atoms with van der Waals surface area (Å²) >= 11 is 0. The van der Waals surface area contributed by atoms with Crippen LogP contribution >= 0.6 is 0 Å². The van der Waals surface area contributed by atoms with Gasteiger partial charge in [0.05, 0.1) is 36.8 Å². The Bertz CT molecular complexity index is 1200. The Morgan fingerprint density at radius 1 is 0.500 bits per heavy atom. The van der Waals surface area contributed by atoms with Gasteiger partial charge in [0.2, 0.25) is 23.6 Å². The molecule has 4 amide bonds. The van der Waals surface area contributed by atoms with Crippen LogP contribution in [-0.4, -0.2) is 33.4 Å². The highest BCUT2D eigenvalue weighted by Crippen LogP contribution is 2.68. The molecule has 0 aromatic heterocycles. The smallest absolute Gasteiger partial charge is 0.234 e. The molecule has 2 saturated heterocycles. The molecule has 8 atom stereocenters. The molecule has 2 aromatic rings. The van der Waals surface area contributed by atoms with Crippen molar-refractivity contribution in [2.45, 2.75) is 13.1 Å². The van der Waals surface area contributed by atoms with Crippen LogP contribution in [0.3, 0.4) is 0 Å². The third kappa shape index (κ3) is 2.46. The van der Waals surface area contributed by atoms with Crippen LogP contribution in [0.2, 0.25) is 0 Å². The van der Waals surface area contributed by atoms with Crippen molar-refractivity contribution < 1.29 is 19.2 Å². The number of benzene rings is 2. The van der Waals surface area contributed by atoms with Crippen molar-refractivity contribution in [1.82, 2.24) is 9.80 Å². The van der Waals surface area contributed by atoms with Crippen LogP contribution in [0, 0.1) is 47.3 Å². The third-order valence-corrected chi connectivity index (χ3v) is 8.89. The SMILES string of the molecule is O=C1[C@@H]2[C@H]3C=C[C@@H]([C@@H]2C(=O)N1Cc1ccccc1)[C@@H]1[C@@H]2C(=O)N(Cc4ccccc4)C(=O)[C@@H]2[C@@H]31. The van der Waals surface area contributed by atoms with E-state index in [0.29, 0.717) is 0 Å². The normalized spacial score (nSPS) is 37.1. The molecule has 4 aliphatic carbocycles. The number of imide groups is 2. The first kappa shape index (κ1) is 19.9. The molecule has 2 heterocycles. The van der Waals surface area contributed by atoms with Gasteiger partial charge in [-0.15, -0.1) is 0 Å².